The van der Waals surface area contributed by atoms with E-state index in [0.717, 1.165) is 16.8 Å². The molecule has 0 radical (unpaired) electrons. The first-order valence-corrected chi connectivity index (χ1v) is 8.06. The zero-order chi connectivity index (χ0) is 18.5. The van der Waals surface area contributed by atoms with Gasteiger partial charge in [0.05, 0.1) is 18.1 Å². The molecule has 0 spiro atoms. The van der Waals surface area contributed by atoms with Gasteiger partial charge in [0.15, 0.2) is 0 Å². The van der Waals surface area contributed by atoms with Crippen molar-refractivity contribution in [3.05, 3.63) is 69.8 Å². The average Bonchev–Trinajstić information content (AvgIpc) is 3.01. The summed E-state index contributed by atoms with van der Waals surface area (Å²) in [5.41, 5.74) is 2.47. The third-order valence-electron chi connectivity index (χ3n) is 3.98. The predicted molar refractivity (Wildman–Crippen MR) is 98.0 cm³/mol. The van der Waals surface area contributed by atoms with Gasteiger partial charge in [0.25, 0.3) is 5.69 Å². The number of anilines is 1. The highest BCUT2D eigenvalue weighted by Crippen LogP contribution is 2.23. The molecular weight excluding hydrogens is 336 g/mol. The number of non-ortho nitro benzene ring substituents is 1. The second-order valence-electron chi connectivity index (χ2n) is 5.85. The van der Waals surface area contributed by atoms with Crippen LogP contribution in [0.5, 0.6) is 0 Å². The Labute approximate surface area is 150 Å². The van der Waals surface area contributed by atoms with Crippen molar-refractivity contribution in [3.63, 3.8) is 0 Å². The highest BCUT2D eigenvalue weighted by molar-refractivity contribution is 5.90. The summed E-state index contributed by atoms with van der Waals surface area (Å²) in [6.45, 7) is 0.821. The Hall–Kier alpha value is -3.19. The quantitative estimate of drug-likeness (QED) is 0.448. The van der Waals surface area contributed by atoms with Crippen LogP contribution in [0.4, 0.5) is 16.2 Å². The van der Waals surface area contributed by atoms with E-state index in [0.29, 0.717) is 13.2 Å². The number of carbonyl (C=O) groups excluding carboxylic acids is 1. The number of nitro benzene ring substituents is 1. The molecule has 1 aliphatic heterocycles. The zero-order valence-corrected chi connectivity index (χ0v) is 14.2. The first-order valence-electron chi connectivity index (χ1n) is 8.06. The van der Waals surface area contributed by atoms with Crippen molar-refractivity contribution in [1.82, 2.24) is 0 Å². The number of amides is 1. The Bertz CT molecular complexity index is 832. The molecule has 1 fully saturated rings. The van der Waals surface area contributed by atoms with Crippen molar-refractivity contribution in [2.24, 2.45) is 0 Å². The van der Waals surface area contributed by atoms with Crippen LogP contribution in [0.25, 0.3) is 12.2 Å². The second kappa shape index (κ2) is 7.79. The molecule has 0 saturated carbocycles. The maximum absolute atomic E-state index is 11.9. The standard InChI is InChI=1S/C19H18N2O5/c1-25-13-18-12-20(19(22)26-18)16-9-7-14(8-10-16)5-6-15-3-2-4-17(11-15)21(23)24/h2-11,18H,12-13H2,1H3/b6-5+. The van der Waals surface area contributed by atoms with Crippen LogP contribution in [0.15, 0.2) is 48.5 Å². The molecule has 0 aliphatic carbocycles. The van der Waals surface area contributed by atoms with E-state index in [1.165, 1.54) is 12.1 Å². The number of carbonyl (C=O) groups is 1. The summed E-state index contributed by atoms with van der Waals surface area (Å²) >= 11 is 0. The van der Waals surface area contributed by atoms with Crippen molar-refractivity contribution in [3.8, 4) is 0 Å². The van der Waals surface area contributed by atoms with Gasteiger partial charge in [-0.3, -0.25) is 15.0 Å². The summed E-state index contributed by atoms with van der Waals surface area (Å²) in [5, 5.41) is 10.8. The van der Waals surface area contributed by atoms with Crippen LogP contribution in [0, 0.1) is 10.1 Å². The first-order chi connectivity index (χ1) is 12.6. The van der Waals surface area contributed by atoms with E-state index in [9.17, 15) is 14.9 Å². The molecule has 2 aromatic carbocycles. The average molecular weight is 354 g/mol. The van der Waals surface area contributed by atoms with Gasteiger partial charge in [-0.2, -0.15) is 0 Å². The summed E-state index contributed by atoms with van der Waals surface area (Å²) in [6.07, 6.45) is 3.02. The molecule has 7 nitrogen and oxygen atoms in total. The lowest BCUT2D eigenvalue weighted by Gasteiger charge is -2.12. The number of rotatable bonds is 6. The van der Waals surface area contributed by atoms with Crippen LogP contribution in [-0.2, 0) is 9.47 Å². The van der Waals surface area contributed by atoms with Gasteiger partial charge < -0.3 is 9.47 Å². The summed E-state index contributed by atoms with van der Waals surface area (Å²) in [7, 11) is 1.57. The van der Waals surface area contributed by atoms with Crippen LogP contribution >= 0.6 is 0 Å². The Balaban J connectivity index is 1.69. The van der Waals surface area contributed by atoms with E-state index in [2.05, 4.69) is 0 Å². The van der Waals surface area contributed by atoms with E-state index in [1.807, 2.05) is 30.3 Å². The lowest BCUT2D eigenvalue weighted by Crippen LogP contribution is -2.25. The zero-order valence-electron chi connectivity index (χ0n) is 14.2. The lowest BCUT2D eigenvalue weighted by molar-refractivity contribution is -0.384. The molecule has 0 bridgehead atoms. The minimum Gasteiger partial charge on any atom is -0.441 e. The summed E-state index contributed by atoms with van der Waals surface area (Å²) < 4.78 is 10.2. The molecule has 1 aliphatic rings. The van der Waals surface area contributed by atoms with Gasteiger partial charge >= 0.3 is 6.09 Å². The molecule has 3 rings (SSSR count). The normalized spacial score (nSPS) is 16.9. The molecule has 0 aromatic heterocycles. The number of cyclic esters (lactones) is 1. The molecule has 1 amide bonds. The highest BCUT2D eigenvalue weighted by atomic mass is 16.6. The fraction of sp³-hybridized carbons (Fsp3) is 0.211. The summed E-state index contributed by atoms with van der Waals surface area (Å²) in [4.78, 5) is 23.9. The highest BCUT2D eigenvalue weighted by Gasteiger charge is 2.32. The molecular formula is C19H18N2O5. The number of nitro groups is 1. The van der Waals surface area contributed by atoms with Crippen molar-refractivity contribution < 1.29 is 19.2 Å². The third-order valence-corrected chi connectivity index (χ3v) is 3.98. The van der Waals surface area contributed by atoms with E-state index in [1.54, 1.807) is 30.2 Å². The minimum absolute atomic E-state index is 0.0562. The summed E-state index contributed by atoms with van der Waals surface area (Å²) in [6, 6.07) is 13.8. The van der Waals surface area contributed by atoms with E-state index in [-0.39, 0.29) is 17.9 Å². The topological polar surface area (TPSA) is 81.9 Å². The van der Waals surface area contributed by atoms with Gasteiger partial charge in [-0.15, -0.1) is 0 Å². The molecule has 134 valence electrons. The molecule has 1 unspecified atom stereocenters. The third kappa shape index (κ3) is 4.07. The second-order valence-corrected chi connectivity index (χ2v) is 5.85. The van der Waals surface area contributed by atoms with Gasteiger partial charge in [-0.25, -0.2) is 4.79 Å². The van der Waals surface area contributed by atoms with Gasteiger partial charge in [0.2, 0.25) is 0 Å². The predicted octanol–water partition coefficient (Wildman–Crippen LogP) is 3.74. The molecule has 26 heavy (non-hydrogen) atoms. The minimum atomic E-state index is -0.419. The van der Waals surface area contributed by atoms with Crippen molar-refractivity contribution >= 4 is 29.6 Å². The molecule has 1 heterocycles. The van der Waals surface area contributed by atoms with Crippen molar-refractivity contribution in [2.45, 2.75) is 6.10 Å². The van der Waals surface area contributed by atoms with Crippen LogP contribution in [0.1, 0.15) is 11.1 Å². The van der Waals surface area contributed by atoms with E-state index < -0.39 is 4.92 Å². The first kappa shape index (κ1) is 17.6. The monoisotopic (exact) mass is 354 g/mol. The fourth-order valence-corrected chi connectivity index (χ4v) is 2.70. The van der Waals surface area contributed by atoms with Gasteiger partial charge in [0.1, 0.15) is 6.10 Å². The number of nitrogens with zero attached hydrogens (tertiary/aromatic N) is 2. The number of hydrogen-bond acceptors (Lipinski definition) is 5. The van der Waals surface area contributed by atoms with Crippen LogP contribution < -0.4 is 4.90 Å². The number of hydrogen-bond donors (Lipinski definition) is 0. The number of methoxy groups -OCH3 is 1. The van der Waals surface area contributed by atoms with E-state index >= 15 is 0 Å². The number of ether oxygens (including phenoxy) is 2. The SMILES string of the molecule is COCC1CN(c2ccc(/C=C/c3cccc([N+](=O)[O-])c3)cc2)C(=O)O1. The van der Waals surface area contributed by atoms with Crippen LogP contribution in [0.3, 0.4) is 0 Å². The van der Waals surface area contributed by atoms with Crippen molar-refractivity contribution in [2.75, 3.05) is 25.2 Å². The van der Waals surface area contributed by atoms with Crippen LogP contribution in [-0.4, -0.2) is 37.4 Å². The molecule has 0 N–H and O–H groups in total. The van der Waals surface area contributed by atoms with Gasteiger partial charge in [-0.1, -0.05) is 36.4 Å². The molecule has 7 heteroatoms. The van der Waals surface area contributed by atoms with Crippen LogP contribution in [0.2, 0.25) is 0 Å². The lowest BCUT2D eigenvalue weighted by atomic mass is 10.1. The number of benzene rings is 2. The largest absolute Gasteiger partial charge is 0.441 e. The van der Waals surface area contributed by atoms with Gasteiger partial charge in [0, 0.05) is 24.9 Å². The van der Waals surface area contributed by atoms with Gasteiger partial charge in [-0.05, 0) is 23.3 Å². The van der Waals surface area contributed by atoms with E-state index in [4.69, 9.17) is 9.47 Å². The smallest absolute Gasteiger partial charge is 0.414 e. The Morgan fingerprint density at radius 2 is 1.96 bits per heavy atom. The molecule has 1 saturated heterocycles. The molecule has 1 atom stereocenters. The Morgan fingerprint density at radius 1 is 1.23 bits per heavy atom. The molecule has 2 aromatic rings. The maximum Gasteiger partial charge on any atom is 0.414 e. The van der Waals surface area contributed by atoms with Crippen molar-refractivity contribution in [1.29, 1.82) is 0 Å². The summed E-state index contributed by atoms with van der Waals surface area (Å²) in [5.74, 6) is 0. The maximum atomic E-state index is 11.9. The Morgan fingerprint density at radius 3 is 2.65 bits per heavy atom. The Kier molecular flexibility index (Phi) is 5.28. The fourth-order valence-electron chi connectivity index (χ4n) is 2.70.